The van der Waals surface area contributed by atoms with E-state index in [0.29, 0.717) is 23.3 Å². The van der Waals surface area contributed by atoms with Crippen molar-refractivity contribution < 1.29 is 4.79 Å². The van der Waals surface area contributed by atoms with Crippen molar-refractivity contribution in [3.63, 3.8) is 0 Å². The second-order valence-electron chi connectivity index (χ2n) is 6.43. The Hall–Kier alpha value is -1.29. The van der Waals surface area contributed by atoms with E-state index in [1.165, 1.54) is 0 Å². The predicted molar refractivity (Wildman–Crippen MR) is 89.0 cm³/mol. The minimum Gasteiger partial charge on any atom is -0.370 e. The van der Waals surface area contributed by atoms with Crippen LogP contribution in [0.1, 0.15) is 51.5 Å². The maximum Gasteiger partial charge on any atom is 0.271 e. The topological polar surface area (TPSA) is 54.0 Å². The summed E-state index contributed by atoms with van der Waals surface area (Å²) in [5.41, 5.74) is 0.425. The van der Waals surface area contributed by atoms with E-state index in [9.17, 15) is 4.79 Å². The second kappa shape index (κ2) is 7.64. The first-order valence-electron chi connectivity index (χ1n) is 7.44. The van der Waals surface area contributed by atoms with E-state index in [1.54, 1.807) is 12.1 Å². The van der Waals surface area contributed by atoms with Crippen molar-refractivity contribution >= 4 is 23.3 Å². The Bertz CT molecular complexity index is 483. The summed E-state index contributed by atoms with van der Waals surface area (Å²) in [6.07, 6.45) is 0.995. The molecule has 0 saturated heterocycles. The smallest absolute Gasteiger partial charge is 0.271 e. The van der Waals surface area contributed by atoms with Crippen molar-refractivity contribution in [3.8, 4) is 0 Å². The molecule has 2 N–H and O–H groups in total. The average Bonchev–Trinajstić information content (AvgIpc) is 2.42. The van der Waals surface area contributed by atoms with Crippen LogP contribution in [-0.4, -0.2) is 24.0 Å². The van der Waals surface area contributed by atoms with Gasteiger partial charge in [0.1, 0.15) is 11.5 Å². The molecule has 1 unspecified atom stereocenters. The molecule has 0 aliphatic heterocycles. The van der Waals surface area contributed by atoms with Gasteiger partial charge in [0.05, 0.1) is 5.02 Å². The van der Waals surface area contributed by atoms with Gasteiger partial charge in [-0.2, -0.15) is 0 Å². The quantitative estimate of drug-likeness (QED) is 0.836. The third-order valence-electron chi connectivity index (χ3n) is 3.66. The fourth-order valence-electron chi connectivity index (χ4n) is 1.59. The van der Waals surface area contributed by atoms with E-state index in [1.807, 2.05) is 0 Å². The Morgan fingerprint density at radius 3 is 2.62 bits per heavy atom. The van der Waals surface area contributed by atoms with Gasteiger partial charge in [0.25, 0.3) is 5.91 Å². The van der Waals surface area contributed by atoms with E-state index in [4.69, 9.17) is 11.6 Å². The van der Waals surface area contributed by atoms with Crippen molar-refractivity contribution in [2.75, 3.05) is 18.4 Å². The molecule has 0 radical (unpaired) electrons. The third-order valence-corrected chi connectivity index (χ3v) is 3.97. The lowest BCUT2D eigenvalue weighted by Gasteiger charge is -2.27. The summed E-state index contributed by atoms with van der Waals surface area (Å²) >= 11 is 6.08. The predicted octanol–water partition coefficient (Wildman–Crippen LogP) is 3.97. The van der Waals surface area contributed by atoms with Gasteiger partial charge in [0, 0.05) is 13.1 Å². The molecular formula is C16H26ClN3O. The first-order chi connectivity index (χ1) is 9.75. The van der Waals surface area contributed by atoms with Crippen LogP contribution in [-0.2, 0) is 0 Å². The number of hydrogen-bond acceptors (Lipinski definition) is 3. The Morgan fingerprint density at radius 2 is 2.05 bits per heavy atom. The monoisotopic (exact) mass is 311 g/mol. The number of halogens is 1. The molecule has 4 nitrogen and oxygen atoms in total. The number of carbonyl (C=O) groups is 1. The highest BCUT2D eigenvalue weighted by molar-refractivity contribution is 6.33. The van der Waals surface area contributed by atoms with Gasteiger partial charge in [0.15, 0.2) is 0 Å². The molecular weight excluding hydrogens is 286 g/mol. The van der Waals surface area contributed by atoms with Crippen LogP contribution >= 0.6 is 11.6 Å². The summed E-state index contributed by atoms with van der Waals surface area (Å²) < 4.78 is 0. The van der Waals surface area contributed by atoms with Crippen molar-refractivity contribution in [2.45, 2.75) is 41.0 Å². The Balaban J connectivity index is 2.73. The average molecular weight is 312 g/mol. The largest absolute Gasteiger partial charge is 0.370 e. The number of amides is 1. The number of pyridine rings is 1. The minimum absolute atomic E-state index is 0.148. The molecule has 21 heavy (non-hydrogen) atoms. The molecule has 118 valence electrons. The molecule has 0 spiro atoms. The maximum absolute atomic E-state index is 12.2. The summed E-state index contributed by atoms with van der Waals surface area (Å²) in [6, 6.07) is 3.49. The first kappa shape index (κ1) is 17.8. The van der Waals surface area contributed by atoms with E-state index < -0.39 is 0 Å². The van der Waals surface area contributed by atoms with Crippen molar-refractivity contribution in [1.82, 2.24) is 10.3 Å². The number of hydrogen-bond donors (Lipinski definition) is 2. The number of anilines is 1. The first-order valence-corrected chi connectivity index (χ1v) is 7.82. The molecule has 0 aromatic carbocycles. The molecule has 0 bridgehead atoms. The van der Waals surface area contributed by atoms with Gasteiger partial charge in [-0.1, -0.05) is 46.2 Å². The molecule has 1 rings (SSSR count). The SMILES string of the molecule is CCCNc1ccc(Cl)c(C(=O)NCC(C)C(C)(C)C)n1. The highest BCUT2D eigenvalue weighted by Gasteiger charge is 2.21. The van der Waals surface area contributed by atoms with Crippen LogP contribution in [0.5, 0.6) is 0 Å². The van der Waals surface area contributed by atoms with E-state index >= 15 is 0 Å². The van der Waals surface area contributed by atoms with Gasteiger partial charge in [-0.05, 0) is 29.9 Å². The van der Waals surface area contributed by atoms with Gasteiger partial charge in [-0.25, -0.2) is 4.98 Å². The van der Waals surface area contributed by atoms with Crippen LogP contribution < -0.4 is 10.6 Å². The van der Waals surface area contributed by atoms with Crippen molar-refractivity contribution in [3.05, 3.63) is 22.8 Å². The lowest BCUT2D eigenvalue weighted by molar-refractivity contribution is 0.0932. The fourth-order valence-corrected chi connectivity index (χ4v) is 1.78. The van der Waals surface area contributed by atoms with Crippen LogP contribution in [0.15, 0.2) is 12.1 Å². The summed E-state index contributed by atoms with van der Waals surface area (Å²) in [7, 11) is 0. The van der Waals surface area contributed by atoms with Gasteiger partial charge >= 0.3 is 0 Å². The van der Waals surface area contributed by atoms with E-state index in [2.05, 4.69) is 50.2 Å². The Labute approximate surface area is 132 Å². The van der Waals surface area contributed by atoms with Gasteiger partial charge in [0.2, 0.25) is 0 Å². The van der Waals surface area contributed by atoms with Crippen molar-refractivity contribution in [1.29, 1.82) is 0 Å². The summed E-state index contributed by atoms with van der Waals surface area (Å²) in [5, 5.41) is 6.45. The van der Waals surface area contributed by atoms with Crippen LogP contribution in [0.25, 0.3) is 0 Å². The Morgan fingerprint density at radius 1 is 1.38 bits per heavy atom. The highest BCUT2D eigenvalue weighted by Crippen LogP contribution is 2.24. The van der Waals surface area contributed by atoms with Crippen LogP contribution in [0.3, 0.4) is 0 Å². The molecule has 0 fully saturated rings. The lowest BCUT2D eigenvalue weighted by Crippen LogP contribution is -2.34. The molecule has 0 saturated carbocycles. The van der Waals surface area contributed by atoms with Crippen LogP contribution in [0.4, 0.5) is 5.82 Å². The van der Waals surface area contributed by atoms with E-state index in [-0.39, 0.29) is 17.0 Å². The zero-order valence-electron chi connectivity index (χ0n) is 13.6. The summed E-state index contributed by atoms with van der Waals surface area (Å²) in [4.78, 5) is 16.5. The number of rotatable bonds is 6. The minimum atomic E-state index is -0.226. The van der Waals surface area contributed by atoms with Crippen molar-refractivity contribution in [2.24, 2.45) is 11.3 Å². The normalized spacial score (nSPS) is 12.9. The number of nitrogens with one attached hydrogen (secondary N) is 2. The summed E-state index contributed by atoms with van der Waals surface area (Å²) in [5.74, 6) is 0.813. The van der Waals surface area contributed by atoms with E-state index in [0.717, 1.165) is 13.0 Å². The molecule has 0 aliphatic carbocycles. The number of nitrogens with zero attached hydrogens (tertiary/aromatic N) is 1. The lowest BCUT2D eigenvalue weighted by atomic mass is 9.82. The number of aromatic nitrogens is 1. The van der Waals surface area contributed by atoms with Crippen LogP contribution in [0, 0.1) is 11.3 Å². The zero-order valence-corrected chi connectivity index (χ0v) is 14.3. The molecule has 5 heteroatoms. The molecule has 1 aromatic rings. The van der Waals surface area contributed by atoms with Crippen LogP contribution in [0.2, 0.25) is 5.02 Å². The second-order valence-corrected chi connectivity index (χ2v) is 6.84. The zero-order chi connectivity index (χ0) is 16.0. The highest BCUT2D eigenvalue weighted by atomic mass is 35.5. The fraction of sp³-hybridized carbons (Fsp3) is 0.625. The Kier molecular flexibility index (Phi) is 6.46. The molecule has 1 heterocycles. The summed E-state index contributed by atoms with van der Waals surface area (Å²) in [6.45, 7) is 12.1. The molecule has 0 aliphatic rings. The third kappa shape index (κ3) is 5.54. The maximum atomic E-state index is 12.2. The van der Waals surface area contributed by atoms with Gasteiger partial charge in [-0.15, -0.1) is 0 Å². The molecule has 1 aromatic heterocycles. The van der Waals surface area contributed by atoms with Gasteiger partial charge < -0.3 is 10.6 Å². The standard InChI is InChI=1S/C16H26ClN3O/c1-6-9-18-13-8-7-12(17)14(20-13)15(21)19-10-11(2)16(3,4)5/h7-8,11H,6,9-10H2,1-5H3,(H,18,20)(H,19,21). The van der Waals surface area contributed by atoms with Gasteiger partial charge in [-0.3, -0.25) is 4.79 Å². The molecule has 1 atom stereocenters. The number of carbonyl (C=O) groups excluding carboxylic acids is 1. The molecule has 1 amide bonds.